The van der Waals surface area contributed by atoms with E-state index in [0.29, 0.717) is 5.75 Å². The Labute approximate surface area is 127 Å². The third-order valence-corrected chi connectivity index (χ3v) is 4.29. The standard InChI is InChI=1S/C14H13NO6S/c1-10-8-11(15(16)17)6-7-14(10)22(18,19)21-13-5-3-4-12(9-13)20-2/h3-9H,1-2H3. The maximum absolute atomic E-state index is 12.3. The number of hydrogen-bond acceptors (Lipinski definition) is 6. The maximum atomic E-state index is 12.3. The van der Waals surface area contributed by atoms with Crippen LogP contribution in [0.5, 0.6) is 11.5 Å². The van der Waals surface area contributed by atoms with Crippen molar-refractivity contribution in [3.8, 4) is 11.5 Å². The normalized spacial score (nSPS) is 11.0. The van der Waals surface area contributed by atoms with E-state index in [1.165, 1.54) is 32.2 Å². The summed E-state index contributed by atoms with van der Waals surface area (Å²) in [5.41, 5.74) is 0.0509. The van der Waals surface area contributed by atoms with Crippen molar-refractivity contribution in [3.05, 3.63) is 58.1 Å². The molecule has 2 aromatic carbocycles. The topological polar surface area (TPSA) is 95.7 Å². The number of nitro groups is 1. The summed E-state index contributed by atoms with van der Waals surface area (Å²) in [6.45, 7) is 1.47. The van der Waals surface area contributed by atoms with Crippen LogP contribution in [0.25, 0.3) is 0 Å². The van der Waals surface area contributed by atoms with E-state index in [4.69, 9.17) is 8.92 Å². The summed E-state index contributed by atoms with van der Waals surface area (Å²) >= 11 is 0. The molecule has 0 aliphatic rings. The number of benzene rings is 2. The molecule has 2 aromatic rings. The van der Waals surface area contributed by atoms with Crippen LogP contribution in [-0.2, 0) is 10.1 Å². The minimum absolute atomic E-state index is 0.0945. The Bertz CT molecular complexity index is 816. The van der Waals surface area contributed by atoms with Crippen LogP contribution in [0.15, 0.2) is 47.4 Å². The molecule has 0 N–H and O–H groups in total. The Hall–Kier alpha value is -2.61. The van der Waals surface area contributed by atoms with Crippen molar-refractivity contribution in [2.75, 3.05) is 7.11 Å². The highest BCUT2D eigenvalue weighted by atomic mass is 32.2. The summed E-state index contributed by atoms with van der Waals surface area (Å²) in [6.07, 6.45) is 0. The Balaban J connectivity index is 2.36. The summed E-state index contributed by atoms with van der Waals surface area (Å²) < 4.78 is 34.6. The van der Waals surface area contributed by atoms with E-state index < -0.39 is 15.0 Å². The quantitative estimate of drug-likeness (QED) is 0.477. The lowest BCUT2D eigenvalue weighted by molar-refractivity contribution is -0.385. The second kappa shape index (κ2) is 6.02. The van der Waals surface area contributed by atoms with Gasteiger partial charge in [-0.1, -0.05) is 6.07 Å². The summed E-state index contributed by atoms with van der Waals surface area (Å²) in [5, 5.41) is 10.7. The predicted molar refractivity (Wildman–Crippen MR) is 78.6 cm³/mol. The number of hydrogen-bond donors (Lipinski definition) is 0. The second-order valence-corrected chi connectivity index (χ2v) is 5.94. The molecule has 2 rings (SSSR count). The number of nitrogens with zero attached hydrogens (tertiary/aromatic N) is 1. The Morgan fingerprint density at radius 3 is 2.36 bits per heavy atom. The zero-order valence-electron chi connectivity index (χ0n) is 11.8. The molecule has 0 saturated carbocycles. The van der Waals surface area contributed by atoms with Crippen molar-refractivity contribution < 1.29 is 22.3 Å². The molecule has 0 fully saturated rings. The first-order valence-electron chi connectivity index (χ1n) is 6.17. The highest BCUT2D eigenvalue weighted by Gasteiger charge is 2.21. The van der Waals surface area contributed by atoms with Gasteiger partial charge in [0.05, 0.1) is 12.0 Å². The fraction of sp³-hybridized carbons (Fsp3) is 0.143. The van der Waals surface area contributed by atoms with Crippen LogP contribution in [-0.4, -0.2) is 20.5 Å². The maximum Gasteiger partial charge on any atom is 0.339 e. The second-order valence-electron chi connectivity index (χ2n) is 4.42. The largest absolute Gasteiger partial charge is 0.497 e. The van der Waals surface area contributed by atoms with Crippen molar-refractivity contribution in [1.29, 1.82) is 0 Å². The lowest BCUT2D eigenvalue weighted by atomic mass is 10.2. The van der Waals surface area contributed by atoms with Gasteiger partial charge in [-0.2, -0.15) is 8.42 Å². The van der Waals surface area contributed by atoms with Gasteiger partial charge in [0.2, 0.25) is 0 Å². The van der Waals surface area contributed by atoms with Gasteiger partial charge in [-0.05, 0) is 30.7 Å². The minimum atomic E-state index is -4.09. The number of aryl methyl sites for hydroxylation is 1. The zero-order chi connectivity index (χ0) is 16.3. The van der Waals surface area contributed by atoms with Crippen LogP contribution in [0.4, 0.5) is 5.69 Å². The first-order chi connectivity index (χ1) is 10.3. The smallest absolute Gasteiger partial charge is 0.339 e. The van der Waals surface area contributed by atoms with E-state index in [9.17, 15) is 18.5 Å². The Kier molecular flexibility index (Phi) is 4.32. The molecule has 0 aliphatic carbocycles. The molecular formula is C14H13NO6S. The van der Waals surface area contributed by atoms with Gasteiger partial charge in [-0.3, -0.25) is 10.1 Å². The molecule has 0 aliphatic heterocycles. The van der Waals surface area contributed by atoms with E-state index in [1.807, 2.05) is 0 Å². The van der Waals surface area contributed by atoms with E-state index in [1.54, 1.807) is 12.1 Å². The fourth-order valence-electron chi connectivity index (χ4n) is 1.85. The molecule has 0 bridgehead atoms. The average Bonchev–Trinajstić information content (AvgIpc) is 2.46. The number of methoxy groups -OCH3 is 1. The fourth-order valence-corrected chi connectivity index (χ4v) is 2.99. The van der Waals surface area contributed by atoms with Gasteiger partial charge in [0, 0.05) is 18.2 Å². The molecule has 0 atom stereocenters. The van der Waals surface area contributed by atoms with E-state index in [-0.39, 0.29) is 21.9 Å². The lowest BCUT2D eigenvalue weighted by Gasteiger charge is -2.10. The summed E-state index contributed by atoms with van der Waals surface area (Å²) in [6, 6.07) is 9.60. The Morgan fingerprint density at radius 2 is 1.77 bits per heavy atom. The van der Waals surface area contributed by atoms with Gasteiger partial charge in [0.1, 0.15) is 16.4 Å². The van der Waals surface area contributed by atoms with Gasteiger partial charge in [0.15, 0.2) is 0 Å². The zero-order valence-corrected chi connectivity index (χ0v) is 12.7. The minimum Gasteiger partial charge on any atom is -0.497 e. The SMILES string of the molecule is COc1cccc(OS(=O)(=O)c2ccc([N+](=O)[O-])cc2C)c1. The van der Waals surface area contributed by atoms with Crippen LogP contribution in [0.1, 0.15) is 5.56 Å². The number of ether oxygens (including phenoxy) is 1. The average molecular weight is 323 g/mol. The summed E-state index contributed by atoms with van der Waals surface area (Å²) in [7, 11) is -2.64. The van der Waals surface area contributed by atoms with Crippen LogP contribution in [0.3, 0.4) is 0 Å². The third kappa shape index (κ3) is 3.34. The molecule has 0 unspecified atom stereocenters. The van der Waals surface area contributed by atoms with Crippen molar-refractivity contribution in [3.63, 3.8) is 0 Å². The molecule has 0 radical (unpaired) electrons. The first kappa shape index (κ1) is 15.8. The van der Waals surface area contributed by atoms with Gasteiger partial charge < -0.3 is 8.92 Å². The van der Waals surface area contributed by atoms with Crippen molar-refractivity contribution in [2.24, 2.45) is 0 Å². The van der Waals surface area contributed by atoms with Crippen LogP contribution >= 0.6 is 0 Å². The molecule has 0 amide bonds. The molecule has 0 aromatic heterocycles. The first-order valence-corrected chi connectivity index (χ1v) is 7.58. The summed E-state index contributed by atoms with van der Waals surface area (Å²) in [4.78, 5) is 9.97. The van der Waals surface area contributed by atoms with Crippen molar-refractivity contribution in [1.82, 2.24) is 0 Å². The molecule has 0 spiro atoms. The third-order valence-electron chi connectivity index (χ3n) is 2.89. The molecule has 22 heavy (non-hydrogen) atoms. The molecule has 7 nitrogen and oxygen atoms in total. The van der Waals surface area contributed by atoms with Crippen molar-refractivity contribution >= 4 is 15.8 Å². The number of non-ortho nitro benzene ring substituents is 1. The van der Waals surface area contributed by atoms with E-state index in [0.717, 1.165) is 12.1 Å². The number of rotatable bonds is 5. The van der Waals surface area contributed by atoms with Crippen LogP contribution in [0, 0.1) is 17.0 Å². The van der Waals surface area contributed by atoms with Crippen molar-refractivity contribution in [2.45, 2.75) is 11.8 Å². The van der Waals surface area contributed by atoms with Gasteiger partial charge in [-0.25, -0.2) is 0 Å². The van der Waals surface area contributed by atoms with E-state index >= 15 is 0 Å². The van der Waals surface area contributed by atoms with E-state index in [2.05, 4.69) is 0 Å². The van der Waals surface area contributed by atoms with Gasteiger partial charge in [-0.15, -0.1) is 0 Å². The highest BCUT2D eigenvalue weighted by molar-refractivity contribution is 7.87. The Morgan fingerprint density at radius 1 is 1.09 bits per heavy atom. The lowest BCUT2D eigenvalue weighted by Crippen LogP contribution is -2.11. The highest BCUT2D eigenvalue weighted by Crippen LogP contribution is 2.26. The van der Waals surface area contributed by atoms with Crippen LogP contribution in [0.2, 0.25) is 0 Å². The van der Waals surface area contributed by atoms with Gasteiger partial charge >= 0.3 is 10.1 Å². The predicted octanol–water partition coefficient (Wildman–Crippen LogP) is 2.68. The van der Waals surface area contributed by atoms with Gasteiger partial charge in [0.25, 0.3) is 5.69 Å². The van der Waals surface area contributed by atoms with Crippen LogP contribution < -0.4 is 8.92 Å². The molecule has 116 valence electrons. The monoisotopic (exact) mass is 323 g/mol. The molecule has 0 heterocycles. The number of nitro benzene ring substituents is 1. The summed E-state index contributed by atoms with van der Waals surface area (Å²) in [5.74, 6) is 0.547. The molecule has 0 saturated heterocycles. The molecular weight excluding hydrogens is 310 g/mol. The molecule has 8 heteroatoms.